The van der Waals surface area contributed by atoms with E-state index in [2.05, 4.69) is 49.9 Å². The Kier molecular flexibility index (Phi) is 3.66. The Labute approximate surface area is 92.3 Å². The fraction of sp³-hybridized carbons (Fsp3) is 0.667. The van der Waals surface area contributed by atoms with E-state index in [1.54, 1.807) is 0 Å². The first-order valence-electron chi connectivity index (χ1n) is 5.47. The number of anilines is 1. The maximum absolute atomic E-state index is 4.49. The summed E-state index contributed by atoms with van der Waals surface area (Å²) < 4.78 is 0. The molecular formula is C12H21N3. The van der Waals surface area contributed by atoms with Gasteiger partial charge in [-0.25, -0.2) is 9.97 Å². The third kappa shape index (κ3) is 3.86. The van der Waals surface area contributed by atoms with Gasteiger partial charge in [-0.1, -0.05) is 34.6 Å². The second kappa shape index (κ2) is 4.60. The van der Waals surface area contributed by atoms with Crippen molar-refractivity contribution >= 4 is 5.95 Å². The van der Waals surface area contributed by atoms with Crippen LogP contribution in [0.4, 0.5) is 5.95 Å². The molecule has 1 heterocycles. The van der Waals surface area contributed by atoms with Crippen molar-refractivity contribution in [3.8, 4) is 0 Å². The molecule has 0 saturated heterocycles. The molecule has 3 nitrogen and oxygen atoms in total. The lowest BCUT2D eigenvalue weighted by Gasteiger charge is -2.18. The van der Waals surface area contributed by atoms with Crippen LogP contribution >= 0.6 is 0 Å². The normalized spacial score (nSPS) is 11.9. The van der Waals surface area contributed by atoms with Gasteiger partial charge in [-0.3, -0.25) is 0 Å². The molecule has 0 aliphatic carbocycles. The number of hydrogen-bond acceptors (Lipinski definition) is 3. The summed E-state index contributed by atoms with van der Waals surface area (Å²) >= 11 is 0. The molecular weight excluding hydrogens is 186 g/mol. The Morgan fingerprint density at radius 3 is 2.53 bits per heavy atom. The Hall–Kier alpha value is -1.12. The van der Waals surface area contributed by atoms with E-state index in [1.807, 2.05) is 12.3 Å². The standard InChI is InChI=1S/C12H21N3/c1-9(2)8-14-11-13-7-6-10(15-11)12(3,4)5/h6-7,9H,8H2,1-5H3,(H,13,14,15). The summed E-state index contributed by atoms with van der Waals surface area (Å²) in [6.45, 7) is 11.7. The van der Waals surface area contributed by atoms with Crippen LogP contribution in [0.3, 0.4) is 0 Å². The minimum Gasteiger partial charge on any atom is -0.354 e. The zero-order valence-electron chi connectivity index (χ0n) is 10.3. The van der Waals surface area contributed by atoms with Crippen molar-refractivity contribution in [1.29, 1.82) is 0 Å². The SMILES string of the molecule is CC(C)CNc1nccc(C(C)(C)C)n1. The van der Waals surface area contributed by atoms with Crippen LogP contribution in [0, 0.1) is 5.92 Å². The van der Waals surface area contributed by atoms with Crippen molar-refractivity contribution in [1.82, 2.24) is 9.97 Å². The first kappa shape index (κ1) is 12.0. The summed E-state index contributed by atoms with van der Waals surface area (Å²) in [7, 11) is 0. The van der Waals surface area contributed by atoms with Crippen LogP contribution in [0.2, 0.25) is 0 Å². The van der Waals surface area contributed by atoms with Gasteiger partial charge in [0.05, 0.1) is 5.69 Å². The lowest BCUT2D eigenvalue weighted by atomic mass is 9.92. The van der Waals surface area contributed by atoms with Gasteiger partial charge >= 0.3 is 0 Å². The smallest absolute Gasteiger partial charge is 0.222 e. The van der Waals surface area contributed by atoms with Crippen molar-refractivity contribution in [2.24, 2.45) is 5.92 Å². The summed E-state index contributed by atoms with van der Waals surface area (Å²) in [5.41, 5.74) is 1.15. The summed E-state index contributed by atoms with van der Waals surface area (Å²) in [5, 5.41) is 3.23. The molecule has 1 aromatic heterocycles. The van der Waals surface area contributed by atoms with E-state index >= 15 is 0 Å². The quantitative estimate of drug-likeness (QED) is 0.828. The van der Waals surface area contributed by atoms with Gasteiger partial charge in [0.25, 0.3) is 0 Å². The molecule has 0 spiro atoms. The maximum atomic E-state index is 4.49. The van der Waals surface area contributed by atoms with E-state index in [9.17, 15) is 0 Å². The fourth-order valence-corrected chi connectivity index (χ4v) is 1.16. The Morgan fingerprint density at radius 1 is 1.33 bits per heavy atom. The average molecular weight is 207 g/mol. The van der Waals surface area contributed by atoms with Gasteiger partial charge in [-0.15, -0.1) is 0 Å². The van der Waals surface area contributed by atoms with Crippen LogP contribution in [0.15, 0.2) is 12.3 Å². The average Bonchev–Trinajstić information content (AvgIpc) is 2.14. The van der Waals surface area contributed by atoms with E-state index in [0.29, 0.717) is 5.92 Å². The van der Waals surface area contributed by atoms with E-state index < -0.39 is 0 Å². The lowest BCUT2D eigenvalue weighted by Crippen LogP contribution is -2.16. The monoisotopic (exact) mass is 207 g/mol. The molecule has 0 bridgehead atoms. The van der Waals surface area contributed by atoms with Gasteiger partial charge in [0.15, 0.2) is 0 Å². The van der Waals surface area contributed by atoms with Crippen molar-refractivity contribution < 1.29 is 0 Å². The fourth-order valence-electron chi connectivity index (χ4n) is 1.16. The molecule has 0 aliphatic heterocycles. The Balaban J connectivity index is 2.75. The summed E-state index contributed by atoms with van der Waals surface area (Å²) in [5.74, 6) is 1.34. The third-order valence-electron chi connectivity index (χ3n) is 2.09. The Bertz CT molecular complexity index is 313. The predicted octanol–water partition coefficient (Wildman–Crippen LogP) is 2.84. The minimum atomic E-state index is 0.0806. The van der Waals surface area contributed by atoms with Crippen LogP contribution in [-0.4, -0.2) is 16.5 Å². The first-order valence-corrected chi connectivity index (χ1v) is 5.47. The molecule has 0 atom stereocenters. The van der Waals surface area contributed by atoms with Crippen LogP contribution in [0.25, 0.3) is 0 Å². The number of nitrogens with zero attached hydrogens (tertiary/aromatic N) is 2. The van der Waals surface area contributed by atoms with Crippen LogP contribution < -0.4 is 5.32 Å². The minimum absolute atomic E-state index is 0.0806. The zero-order chi connectivity index (χ0) is 11.5. The molecule has 3 heteroatoms. The largest absolute Gasteiger partial charge is 0.354 e. The Morgan fingerprint density at radius 2 is 2.00 bits per heavy atom. The molecule has 1 aromatic rings. The van der Waals surface area contributed by atoms with Crippen LogP contribution in [-0.2, 0) is 5.41 Å². The van der Waals surface area contributed by atoms with E-state index in [0.717, 1.165) is 18.2 Å². The van der Waals surface area contributed by atoms with Gasteiger partial charge in [0, 0.05) is 18.2 Å². The van der Waals surface area contributed by atoms with Crippen LogP contribution in [0.1, 0.15) is 40.3 Å². The van der Waals surface area contributed by atoms with Crippen molar-refractivity contribution in [2.45, 2.75) is 40.0 Å². The zero-order valence-corrected chi connectivity index (χ0v) is 10.3. The number of nitrogens with one attached hydrogen (secondary N) is 1. The summed E-state index contributed by atoms with van der Waals surface area (Å²) in [4.78, 5) is 8.70. The molecule has 0 radical (unpaired) electrons. The molecule has 84 valence electrons. The lowest BCUT2D eigenvalue weighted by molar-refractivity contribution is 0.567. The van der Waals surface area contributed by atoms with Gasteiger partial charge in [0.2, 0.25) is 5.95 Å². The van der Waals surface area contributed by atoms with Gasteiger partial charge in [-0.2, -0.15) is 0 Å². The molecule has 1 rings (SSSR count). The number of aromatic nitrogens is 2. The molecule has 0 unspecified atom stereocenters. The van der Waals surface area contributed by atoms with Crippen molar-refractivity contribution in [3.63, 3.8) is 0 Å². The third-order valence-corrected chi connectivity index (χ3v) is 2.09. The molecule has 0 saturated carbocycles. The molecule has 15 heavy (non-hydrogen) atoms. The molecule has 0 aliphatic rings. The summed E-state index contributed by atoms with van der Waals surface area (Å²) in [6, 6.07) is 1.97. The van der Waals surface area contributed by atoms with Crippen molar-refractivity contribution in [3.05, 3.63) is 18.0 Å². The van der Waals surface area contributed by atoms with Gasteiger partial charge < -0.3 is 5.32 Å². The number of rotatable bonds is 3. The topological polar surface area (TPSA) is 37.8 Å². The van der Waals surface area contributed by atoms with Crippen LogP contribution in [0.5, 0.6) is 0 Å². The second-order valence-electron chi connectivity index (χ2n) is 5.29. The summed E-state index contributed by atoms with van der Waals surface area (Å²) in [6.07, 6.45) is 1.82. The second-order valence-corrected chi connectivity index (χ2v) is 5.29. The molecule has 1 N–H and O–H groups in total. The maximum Gasteiger partial charge on any atom is 0.222 e. The highest BCUT2D eigenvalue weighted by Crippen LogP contribution is 2.20. The highest BCUT2D eigenvalue weighted by Gasteiger charge is 2.15. The van der Waals surface area contributed by atoms with E-state index in [-0.39, 0.29) is 5.41 Å². The van der Waals surface area contributed by atoms with Gasteiger partial charge in [0.1, 0.15) is 0 Å². The predicted molar refractivity (Wildman–Crippen MR) is 64.1 cm³/mol. The van der Waals surface area contributed by atoms with E-state index in [1.165, 1.54) is 0 Å². The van der Waals surface area contributed by atoms with Gasteiger partial charge in [-0.05, 0) is 12.0 Å². The highest BCUT2D eigenvalue weighted by atomic mass is 15.1. The first-order chi connectivity index (χ1) is 6.89. The highest BCUT2D eigenvalue weighted by molar-refractivity contribution is 5.27. The molecule has 0 aromatic carbocycles. The number of hydrogen-bond donors (Lipinski definition) is 1. The molecule has 0 amide bonds. The molecule has 0 fully saturated rings. The van der Waals surface area contributed by atoms with E-state index in [4.69, 9.17) is 0 Å². The van der Waals surface area contributed by atoms with Crippen molar-refractivity contribution in [2.75, 3.05) is 11.9 Å².